The fourth-order valence-corrected chi connectivity index (χ4v) is 1.77. The predicted octanol–water partition coefficient (Wildman–Crippen LogP) is 4.81. The number of hydrogen-bond donors (Lipinski definition) is 0. The second-order valence-electron chi connectivity index (χ2n) is 4.04. The van der Waals surface area contributed by atoms with Gasteiger partial charge in [-0.1, -0.05) is 62.5 Å². The highest BCUT2D eigenvalue weighted by Crippen LogP contribution is 2.31. The third kappa shape index (κ3) is 3.91. The molecular weight excluding hydrogens is 180 g/mol. The second kappa shape index (κ2) is 6.44. The summed E-state index contributed by atoms with van der Waals surface area (Å²) in [6.45, 7) is 4.41. The summed E-state index contributed by atoms with van der Waals surface area (Å²) in [6, 6.07) is 0. The molecule has 0 saturated carbocycles. The highest BCUT2D eigenvalue weighted by atomic mass is 14.2. The first-order valence-electron chi connectivity index (χ1n) is 6.03. The van der Waals surface area contributed by atoms with E-state index in [4.69, 9.17) is 0 Å². The van der Waals surface area contributed by atoms with E-state index in [1.165, 1.54) is 0 Å². The summed E-state index contributed by atoms with van der Waals surface area (Å²) >= 11 is 0. The highest BCUT2D eigenvalue weighted by Gasteiger charge is 2.19. The minimum Gasteiger partial charge on any atom is -0.0888 e. The molecule has 1 aliphatic rings. The molecule has 15 heavy (non-hydrogen) atoms. The highest BCUT2D eigenvalue weighted by molar-refractivity contribution is 5.30. The zero-order chi connectivity index (χ0) is 11.0. The van der Waals surface area contributed by atoms with Crippen LogP contribution in [0.15, 0.2) is 48.6 Å². The molecule has 0 unspecified atom stereocenters. The Bertz CT molecular complexity index is 264. The van der Waals surface area contributed by atoms with Crippen molar-refractivity contribution in [1.29, 1.82) is 0 Å². The van der Waals surface area contributed by atoms with Gasteiger partial charge in [0, 0.05) is 5.41 Å². The van der Waals surface area contributed by atoms with Crippen LogP contribution < -0.4 is 0 Å². The Morgan fingerprint density at radius 2 is 1.60 bits per heavy atom. The Labute approximate surface area is 94.1 Å². The van der Waals surface area contributed by atoms with E-state index >= 15 is 0 Å². The summed E-state index contributed by atoms with van der Waals surface area (Å²) in [4.78, 5) is 0. The number of rotatable bonds is 6. The average molecular weight is 202 g/mol. The quantitative estimate of drug-likeness (QED) is 0.428. The third-order valence-corrected chi connectivity index (χ3v) is 2.87. The molecule has 0 fully saturated rings. The minimum atomic E-state index is 0.217. The fourth-order valence-electron chi connectivity index (χ4n) is 1.77. The fraction of sp³-hybridized carbons (Fsp3) is 0.467. The van der Waals surface area contributed by atoms with Crippen molar-refractivity contribution in [2.45, 2.75) is 39.5 Å². The lowest BCUT2D eigenvalue weighted by atomic mass is 9.86. The molecule has 1 aliphatic carbocycles. The predicted molar refractivity (Wildman–Crippen MR) is 68.8 cm³/mol. The van der Waals surface area contributed by atoms with Crippen LogP contribution >= 0.6 is 0 Å². The summed E-state index contributed by atoms with van der Waals surface area (Å²) in [5.74, 6) is 0. The molecule has 0 radical (unpaired) electrons. The lowest BCUT2D eigenvalue weighted by molar-refractivity contribution is 0.608. The van der Waals surface area contributed by atoms with Crippen LogP contribution in [0.5, 0.6) is 0 Å². The molecule has 0 aromatic rings. The van der Waals surface area contributed by atoms with Gasteiger partial charge in [0.05, 0.1) is 0 Å². The van der Waals surface area contributed by atoms with Gasteiger partial charge in [-0.3, -0.25) is 0 Å². The van der Waals surface area contributed by atoms with E-state index in [-0.39, 0.29) is 5.41 Å². The molecule has 0 heterocycles. The Hall–Kier alpha value is -1.04. The maximum atomic E-state index is 2.34. The Kier molecular flexibility index (Phi) is 5.17. The molecule has 0 heteroatoms. The lowest BCUT2D eigenvalue weighted by Gasteiger charge is -2.17. The SMILES string of the molecule is CCC=CCCC=CC1(CC)C=CC=C1. The first kappa shape index (κ1) is 12.0. The van der Waals surface area contributed by atoms with E-state index in [1.54, 1.807) is 0 Å². The zero-order valence-electron chi connectivity index (χ0n) is 9.95. The number of unbranched alkanes of at least 4 members (excludes halogenated alkanes) is 1. The van der Waals surface area contributed by atoms with Crippen LogP contribution in [0.2, 0.25) is 0 Å². The van der Waals surface area contributed by atoms with E-state index in [9.17, 15) is 0 Å². The monoisotopic (exact) mass is 202 g/mol. The van der Waals surface area contributed by atoms with Gasteiger partial charge in [0.15, 0.2) is 0 Å². The maximum Gasteiger partial charge on any atom is 0.0245 e. The van der Waals surface area contributed by atoms with Gasteiger partial charge >= 0.3 is 0 Å². The van der Waals surface area contributed by atoms with Crippen LogP contribution in [-0.4, -0.2) is 0 Å². The summed E-state index contributed by atoms with van der Waals surface area (Å²) < 4.78 is 0. The van der Waals surface area contributed by atoms with Crippen molar-refractivity contribution in [3.8, 4) is 0 Å². The van der Waals surface area contributed by atoms with Crippen LogP contribution in [0.4, 0.5) is 0 Å². The van der Waals surface area contributed by atoms with Gasteiger partial charge < -0.3 is 0 Å². The molecule has 0 atom stereocenters. The second-order valence-corrected chi connectivity index (χ2v) is 4.04. The summed E-state index contributed by atoms with van der Waals surface area (Å²) in [5, 5.41) is 0. The number of hydrogen-bond acceptors (Lipinski definition) is 0. The summed E-state index contributed by atoms with van der Waals surface area (Å²) in [6.07, 6.45) is 22.6. The normalized spacial score (nSPS) is 18.5. The van der Waals surface area contributed by atoms with Crippen molar-refractivity contribution in [3.05, 3.63) is 48.6 Å². The lowest BCUT2D eigenvalue weighted by Crippen LogP contribution is -2.06. The van der Waals surface area contributed by atoms with Crippen molar-refractivity contribution in [3.63, 3.8) is 0 Å². The zero-order valence-corrected chi connectivity index (χ0v) is 9.95. The molecule has 82 valence electrons. The minimum absolute atomic E-state index is 0.217. The average Bonchev–Trinajstić information content (AvgIpc) is 2.73. The van der Waals surface area contributed by atoms with Gasteiger partial charge in [-0.15, -0.1) is 0 Å². The van der Waals surface area contributed by atoms with Gasteiger partial charge in [-0.25, -0.2) is 0 Å². The van der Waals surface area contributed by atoms with Crippen LogP contribution in [-0.2, 0) is 0 Å². The Morgan fingerprint density at radius 1 is 0.933 bits per heavy atom. The first-order valence-corrected chi connectivity index (χ1v) is 6.03. The molecule has 0 aromatic heterocycles. The van der Waals surface area contributed by atoms with Crippen LogP contribution in [0.25, 0.3) is 0 Å². The van der Waals surface area contributed by atoms with E-state index in [0.29, 0.717) is 0 Å². The van der Waals surface area contributed by atoms with Gasteiger partial charge in [0.1, 0.15) is 0 Å². The van der Waals surface area contributed by atoms with Crippen molar-refractivity contribution < 1.29 is 0 Å². The standard InChI is InChI=1S/C15H22/c1-3-5-6-7-8-9-12-15(4-2)13-10-11-14-15/h5-6,9-14H,3-4,7-8H2,1-2H3. The Balaban J connectivity index is 2.33. The molecular formula is C15H22. The van der Waals surface area contributed by atoms with Gasteiger partial charge in [0.2, 0.25) is 0 Å². The van der Waals surface area contributed by atoms with Crippen LogP contribution in [0, 0.1) is 5.41 Å². The van der Waals surface area contributed by atoms with Crippen molar-refractivity contribution in [2.24, 2.45) is 5.41 Å². The largest absolute Gasteiger partial charge is 0.0888 e. The smallest absolute Gasteiger partial charge is 0.0245 e. The summed E-state index contributed by atoms with van der Waals surface area (Å²) in [7, 11) is 0. The molecule has 0 nitrogen and oxygen atoms in total. The van der Waals surface area contributed by atoms with E-state index < -0.39 is 0 Å². The van der Waals surface area contributed by atoms with Crippen molar-refractivity contribution in [2.75, 3.05) is 0 Å². The molecule has 0 spiro atoms. The topological polar surface area (TPSA) is 0 Å². The van der Waals surface area contributed by atoms with Gasteiger partial charge in [-0.05, 0) is 25.7 Å². The van der Waals surface area contributed by atoms with Crippen LogP contribution in [0.1, 0.15) is 39.5 Å². The van der Waals surface area contributed by atoms with Gasteiger partial charge in [0.25, 0.3) is 0 Å². The van der Waals surface area contributed by atoms with Crippen LogP contribution in [0.3, 0.4) is 0 Å². The molecule has 0 bridgehead atoms. The maximum absolute atomic E-state index is 2.34. The third-order valence-electron chi connectivity index (χ3n) is 2.87. The van der Waals surface area contributed by atoms with Crippen molar-refractivity contribution in [1.82, 2.24) is 0 Å². The molecule has 1 rings (SSSR count). The molecule has 0 N–H and O–H groups in total. The van der Waals surface area contributed by atoms with E-state index in [0.717, 1.165) is 25.7 Å². The first-order chi connectivity index (χ1) is 7.33. The molecule has 0 saturated heterocycles. The summed E-state index contributed by atoms with van der Waals surface area (Å²) in [5.41, 5.74) is 0.217. The molecule has 0 aliphatic heterocycles. The van der Waals surface area contributed by atoms with E-state index in [2.05, 4.69) is 62.5 Å². The molecule has 0 amide bonds. The number of allylic oxidation sites excluding steroid dienone is 8. The molecule has 0 aromatic carbocycles. The Morgan fingerprint density at radius 3 is 2.20 bits per heavy atom. The van der Waals surface area contributed by atoms with Crippen molar-refractivity contribution >= 4 is 0 Å². The van der Waals surface area contributed by atoms with E-state index in [1.807, 2.05) is 0 Å². The van der Waals surface area contributed by atoms with Gasteiger partial charge in [-0.2, -0.15) is 0 Å².